The standard InChI is InChI=1S/C8H6P.2CH3.2ClH.H2Si.Zr/c1-2-4-8-7(3-1)5-6-9-8;;;;;;/h1-6H;2*1H3;2*1H;1H2;. The van der Waals surface area contributed by atoms with Gasteiger partial charge in [-0.3, -0.25) is 0 Å². The summed E-state index contributed by atoms with van der Waals surface area (Å²) < 4.78 is 5.92. The molecule has 1 aliphatic rings. The van der Waals surface area contributed by atoms with Gasteiger partial charge >= 0.3 is 87.8 Å². The predicted octanol–water partition coefficient (Wildman–Crippen LogP) is 2.76. The van der Waals surface area contributed by atoms with Crippen LogP contribution in [0.25, 0.3) is 0 Å². The van der Waals surface area contributed by atoms with Gasteiger partial charge in [-0.2, -0.15) is 0 Å². The van der Waals surface area contributed by atoms with Crippen LogP contribution in [-0.4, -0.2) is 12.7 Å². The Bertz CT molecular complexity index is 414. The van der Waals surface area contributed by atoms with Gasteiger partial charge < -0.3 is 0 Å². The molecular weight excluding hydrogens is 341 g/mol. The van der Waals surface area contributed by atoms with Crippen molar-refractivity contribution in [3.63, 3.8) is 0 Å². The number of fused-ring (bicyclic) bond motifs is 1. The number of benzene rings is 1. The fourth-order valence-electron chi connectivity index (χ4n) is 1.73. The van der Waals surface area contributed by atoms with Crippen molar-refractivity contribution in [3.05, 3.63) is 29.8 Å². The third-order valence-electron chi connectivity index (χ3n) is 2.48. The third kappa shape index (κ3) is 3.51. The second kappa shape index (κ2) is 6.12. The Balaban J connectivity index is 0.000000980. The molecule has 5 heteroatoms. The molecule has 1 aromatic carbocycles. The van der Waals surface area contributed by atoms with E-state index in [1.54, 1.807) is 10.9 Å². The SMILES string of the molecule is Cl.Cl.[CH3][Zr]([CH3])(=[SiH2])[CH]1C=Pc2ccccc21. The number of hydrogen-bond donors (Lipinski definition) is 0. The van der Waals surface area contributed by atoms with E-state index in [0.717, 1.165) is 3.63 Å². The molecule has 0 amide bonds. The van der Waals surface area contributed by atoms with Crippen molar-refractivity contribution in [2.45, 2.75) is 12.9 Å². The van der Waals surface area contributed by atoms with Crippen molar-refractivity contribution in [1.82, 2.24) is 0 Å². The normalized spacial score (nSPS) is 18.7. The maximum absolute atomic E-state index is 2.53. The van der Waals surface area contributed by atoms with Gasteiger partial charge in [0.05, 0.1) is 0 Å². The summed E-state index contributed by atoms with van der Waals surface area (Å²) in [5.41, 5.74) is 1.62. The van der Waals surface area contributed by atoms with E-state index in [-0.39, 0.29) is 24.8 Å². The first-order chi connectivity index (χ1) is 6.09. The number of hydrogen-bond acceptors (Lipinski definition) is 0. The Kier molecular flexibility index (Phi) is 6.56. The predicted molar refractivity (Wildman–Crippen MR) is 76.6 cm³/mol. The topological polar surface area (TPSA) is 0 Å². The summed E-state index contributed by atoms with van der Waals surface area (Å²) in [6, 6.07) is 8.93. The Morgan fingerprint density at radius 1 is 1.20 bits per heavy atom. The van der Waals surface area contributed by atoms with Crippen LogP contribution in [0.15, 0.2) is 24.3 Å². The molecule has 0 spiro atoms. The Morgan fingerprint density at radius 2 is 1.80 bits per heavy atom. The molecule has 0 fully saturated rings. The van der Waals surface area contributed by atoms with Crippen LogP contribution in [0.1, 0.15) is 9.19 Å². The molecule has 1 heterocycles. The quantitative estimate of drug-likeness (QED) is 0.536. The van der Waals surface area contributed by atoms with E-state index in [0.29, 0.717) is 0 Å². The summed E-state index contributed by atoms with van der Waals surface area (Å²) in [7, 11) is 1.45. The van der Waals surface area contributed by atoms with E-state index >= 15 is 0 Å². The molecule has 1 unspecified atom stereocenters. The first-order valence-electron chi connectivity index (χ1n) is 4.57. The van der Waals surface area contributed by atoms with Gasteiger partial charge in [0.2, 0.25) is 0 Å². The summed E-state index contributed by atoms with van der Waals surface area (Å²) in [6.07, 6.45) is 0. The van der Waals surface area contributed by atoms with Crippen LogP contribution in [0.3, 0.4) is 0 Å². The molecule has 0 N–H and O–H groups in total. The van der Waals surface area contributed by atoms with Gasteiger partial charge in [-0.1, -0.05) is 0 Å². The van der Waals surface area contributed by atoms with Crippen LogP contribution < -0.4 is 5.30 Å². The maximum atomic E-state index is 2.53. The van der Waals surface area contributed by atoms with Crippen molar-refractivity contribution < 1.29 is 18.9 Å². The van der Waals surface area contributed by atoms with Gasteiger partial charge in [-0.15, -0.1) is 24.8 Å². The second-order valence-corrected chi connectivity index (χ2v) is 27.4. The molecule has 0 saturated heterocycles. The first kappa shape index (κ1) is 16.1. The molecule has 15 heavy (non-hydrogen) atoms. The van der Waals surface area contributed by atoms with Crippen LogP contribution in [-0.2, 0) is 18.9 Å². The summed E-state index contributed by atoms with van der Waals surface area (Å²) in [4.78, 5) is 0. The van der Waals surface area contributed by atoms with Crippen molar-refractivity contribution in [1.29, 1.82) is 0 Å². The van der Waals surface area contributed by atoms with Crippen LogP contribution in [0.2, 0.25) is 9.26 Å². The minimum atomic E-state index is -1.73. The summed E-state index contributed by atoms with van der Waals surface area (Å²) in [6.45, 7) is 2.31. The Morgan fingerprint density at radius 3 is 2.40 bits per heavy atom. The zero-order chi connectivity index (χ0) is 9.47. The van der Waals surface area contributed by atoms with E-state index in [2.05, 4.69) is 46.2 Å². The van der Waals surface area contributed by atoms with E-state index in [1.807, 2.05) is 0 Å². The summed E-state index contributed by atoms with van der Waals surface area (Å²) in [5, 5.41) is 1.55. The zero-order valence-electron chi connectivity index (χ0n) is 8.93. The van der Waals surface area contributed by atoms with E-state index in [4.69, 9.17) is 0 Å². The first-order valence-corrected chi connectivity index (χ1v) is 17.8. The molecule has 0 saturated carbocycles. The van der Waals surface area contributed by atoms with Crippen molar-refractivity contribution in [3.8, 4) is 0 Å². The molecule has 2 rings (SSSR count). The minimum absolute atomic E-state index is 0. The monoisotopic (exact) mass is 355 g/mol. The second-order valence-electron chi connectivity index (χ2n) is 4.30. The summed E-state index contributed by atoms with van der Waals surface area (Å²) in [5.74, 6) is 2.52. The fourth-order valence-corrected chi connectivity index (χ4v) is 12.8. The molecule has 0 bridgehead atoms. The van der Waals surface area contributed by atoms with E-state index in [1.165, 1.54) is 8.20 Å². The number of halogens is 2. The molecule has 1 aliphatic heterocycles. The molecule has 1 atom stereocenters. The molecule has 0 nitrogen and oxygen atoms in total. The van der Waals surface area contributed by atoms with Gasteiger partial charge in [-0.25, -0.2) is 0 Å². The van der Waals surface area contributed by atoms with E-state index < -0.39 is 18.9 Å². The molecule has 0 aliphatic carbocycles. The van der Waals surface area contributed by atoms with Gasteiger partial charge in [-0.05, 0) is 0 Å². The van der Waals surface area contributed by atoms with Gasteiger partial charge in [0.15, 0.2) is 0 Å². The molecule has 1 aromatic rings. The van der Waals surface area contributed by atoms with Crippen LogP contribution in [0.4, 0.5) is 0 Å². The molecule has 83 valence electrons. The zero-order valence-corrected chi connectivity index (χ0v) is 15.3. The van der Waals surface area contributed by atoms with Crippen molar-refractivity contribution >= 4 is 51.0 Å². The average molecular weight is 357 g/mol. The third-order valence-corrected chi connectivity index (χ3v) is 12.2. The Hall–Kier alpha value is 1.07. The van der Waals surface area contributed by atoms with Crippen LogP contribution in [0.5, 0.6) is 0 Å². The molecule has 0 radical (unpaired) electrons. The van der Waals surface area contributed by atoms with Crippen LogP contribution in [0, 0.1) is 0 Å². The fraction of sp³-hybridized carbons (Fsp3) is 0.300. The summed E-state index contributed by atoms with van der Waals surface area (Å²) >= 11 is -1.73. The average Bonchev–Trinajstić information content (AvgIpc) is 2.45. The van der Waals surface area contributed by atoms with E-state index in [9.17, 15) is 0 Å². The Labute approximate surface area is 112 Å². The van der Waals surface area contributed by atoms with Gasteiger partial charge in [0.1, 0.15) is 0 Å². The van der Waals surface area contributed by atoms with Crippen LogP contribution >= 0.6 is 33.0 Å². The number of rotatable bonds is 1. The van der Waals surface area contributed by atoms with Crippen molar-refractivity contribution in [2.24, 2.45) is 0 Å². The molecular formula is C10H16Cl2PSiZr. The van der Waals surface area contributed by atoms with Crippen molar-refractivity contribution in [2.75, 3.05) is 0 Å². The van der Waals surface area contributed by atoms with Gasteiger partial charge in [0, 0.05) is 0 Å². The van der Waals surface area contributed by atoms with Gasteiger partial charge in [0.25, 0.3) is 0 Å². The molecule has 0 aromatic heterocycles.